The second-order valence-corrected chi connectivity index (χ2v) is 6.42. The van der Waals surface area contributed by atoms with E-state index in [2.05, 4.69) is 17.3 Å². The number of benzene rings is 1. The van der Waals surface area contributed by atoms with Gasteiger partial charge in [0, 0.05) is 30.2 Å². The van der Waals surface area contributed by atoms with Crippen molar-refractivity contribution in [2.75, 3.05) is 14.2 Å². The standard InChI is InChI=1S/C17H26N2O2/c1-19-14-6-4-7-15(19)10-13(9-14)18-11-12-5-3-8-16(21-2)17(12)20/h3,5,8,13-15,18,20H,4,6-7,9-11H2,1-2H3. The molecule has 2 heterocycles. The van der Waals surface area contributed by atoms with Gasteiger partial charge in [-0.25, -0.2) is 0 Å². The molecule has 4 heteroatoms. The molecule has 2 fully saturated rings. The van der Waals surface area contributed by atoms with Crippen LogP contribution in [0.25, 0.3) is 0 Å². The number of aromatic hydroxyl groups is 1. The number of phenols is 1. The number of ether oxygens (including phenoxy) is 1. The van der Waals surface area contributed by atoms with Gasteiger partial charge >= 0.3 is 0 Å². The molecule has 2 atom stereocenters. The van der Waals surface area contributed by atoms with E-state index < -0.39 is 0 Å². The van der Waals surface area contributed by atoms with Gasteiger partial charge in [0.2, 0.25) is 0 Å². The first-order valence-electron chi connectivity index (χ1n) is 7.99. The summed E-state index contributed by atoms with van der Waals surface area (Å²) in [5.74, 6) is 0.815. The Morgan fingerprint density at radius 1 is 1.29 bits per heavy atom. The second kappa shape index (κ2) is 6.24. The van der Waals surface area contributed by atoms with Crippen LogP contribution in [0.3, 0.4) is 0 Å². The molecule has 1 aromatic carbocycles. The largest absolute Gasteiger partial charge is 0.504 e. The zero-order chi connectivity index (χ0) is 14.8. The molecule has 1 aromatic rings. The van der Waals surface area contributed by atoms with E-state index in [-0.39, 0.29) is 5.75 Å². The minimum Gasteiger partial charge on any atom is -0.504 e. The summed E-state index contributed by atoms with van der Waals surface area (Å²) in [6.45, 7) is 0.705. The Bertz CT molecular complexity index is 478. The van der Waals surface area contributed by atoms with E-state index >= 15 is 0 Å². The zero-order valence-corrected chi connectivity index (χ0v) is 13.0. The fourth-order valence-electron chi connectivity index (χ4n) is 3.91. The number of nitrogens with one attached hydrogen (secondary N) is 1. The molecule has 0 saturated carbocycles. The van der Waals surface area contributed by atoms with Gasteiger partial charge in [-0.1, -0.05) is 18.6 Å². The smallest absolute Gasteiger partial charge is 0.162 e. The zero-order valence-electron chi connectivity index (χ0n) is 13.0. The predicted octanol–water partition coefficient (Wildman–Crippen LogP) is 2.51. The van der Waals surface area contributed by atoms with Crippen LogP contribution in [-0.4, -0.2) is 42.3 Å². The minimum atomic E-state index is 0.264. The first-order chi connectivity index (χ1) is 10.2. The van der Waals surface area contributed by atoms with E-state index in [0.717, 1.165) is 17.6 Å². The molecule has 2 aliphatic rings. The Hall–Kier alpha value is -1.26. The second-order valence-electron chi connectivity index (χ2n) is 6.42. The molecule has 21 heavy (non-hydrogen) atoms. The number of phenolic OH excluding ortho intramolecular Hbond substituents is 1. The Labute approximate surface area is 127 Å². The number of piperidine rings is 2. The lowest BCUT2D eigenvalue weighted by molar-refractivity contribution is 0.0482. The van der Waals surface area contributed by atoms with E-state index in [4.69, 9.17) is 4.74 Å². The summed E-state index contributed by atoms with van der Waals surface area (Å²) in [6, 6.07) is 7.70. The molecule has 0 aromatic heterocycles. The lowest BCUT2D eigenvalue weighted by Crippen LogP contribution is -2.54. The molecule has 4 nitrogen and oxygen atoms in total. The SMILES string of the molecule is COc1cccc(CNC2CC3CCCC(C2)N3C)c1O. The van der Waals surface area contributed by atoms with Crippen LogP contribution in [0.1, 0.15) is 37.7 Å². The molecule has 2 unspecified atom stereocenters. The number of fused-ring (bicyclic) bond motifs is 2. The van der Waals surface area contributed by atoms with Gasteiger partial charge in [0.25, 0.3) is 0 Å². The number of methoxy groups -OCH3 is 1. The first kappa shape index (κ1) is 14.7. The molecule has 116 valence electrons. The van der Waals surface area contributed by atoms with Crippen molar-refractivity contribution >= 4 is 0 Å². The predicted molar refractivity (Wildman–Crippen MR) is 83.7 cm³/mol. The molecule has 0 spiro atoms. The van der Waals surface area contributed by atoms with Crippen LogP contribution in [0.2, 0.25) is 0 Å². The van der Waals surface area contributed by atoms with Crippen molar-refractivity contribution in [1.29, 1.82) is 0 Å². The van der Waals surface area contributed by atoms with Gasteiger partial charge in [-0.3, -0.25) is 0 Å². The summed E-state index contributed by atoms with van der Waals surface area (Å²) in [7, 11) is 3.86. The maximum atomic E-state index is 10.1. The molecular weight excluding hydrogens is 264 g/mol. The molecule has 0 amide bonds. The molecule has 0 radical (unpaired) electrons. The average Bonchev–Trinajstić information content (AvgIpc) is 2.47. The average molecular weight is 290 g/mol. The van der Waals surface area contributed by atoms with Gasteiger partial charge in [0.05, 0.1) is 7.11 Å². The summed E-state index contributed by atoms with van der Waals surface area (Å²) in [4.78, 5) is 2.57. The molecule has 0 aliphatic carbocycles. The van der Waals surface area contributed by atoms with Gasteiger partial charge in [0.15, 0.2) is 11.5 Å². The van der Waals surface area contributed by atoms with Crippen LogP contribution in [0, 0.1) is 0 Å². The number of rotatable bonds is 4. The fourth-order valence-corrected chi connectivity index (χ4v) is 3.91. The number of hydrogen-bond acceptors (Lipinski definition) is 4. The Balaban J connectivity index is 1.61. The quantitative estimate of drug-likeness (QED) is 0.894. The molecule has 3 rings (SSSR count). The van der Waals surface area contributed by atoms with Crippen LogP contribution < -0.4 is 10.1 Å². The van der Waals surface area contributed by atoms with E-state index in [1.54, 1.807) is 13.2 Å². The van der Waals surface area contributed by atoms with Crippen LogP contribution in [0.15, 0.2) is 18.2 Å². The van der Waals surface area contributed by atoms with E-state index in [0.29, 0.717) is 18.3 Å². The van der Waals surface area contributed by atoms with E-state index in [1.807, 2.05) is 12.1 Å². The lowest BCUT2D eigenvalue weighted by atomic mass is 9.82. The third-order valence-corrected chi connectivity index (χ3v) is 5.22. The van der Waals surface area contributed by atoms with Crippen LogP contribution in [-0.2, 0) is 6.54 Å². The third kappa shape index (κ3) is 3.01. The highest BCUT2D eigenvalue weighted by atomic mass is 16.5. The van der Waals surface area contributed by atoms with Crippen molar-refractivity contribution in [2.24, 2.45) is 0 Å². The van der Waals surface area contributed by atoms with Crippen LogP contribution in [0.5, 0.6) is 11.5 Å². The van der Waals surface area contributed by atoms with Gasteiger partial charge in [-0.05, 0) is 38.8 Å². The highest BCUT2D eigenvalue weighted by molar-refractivity contribution is 5.45. The number of hydrogen-bond donors (Lipinski definition) is 2. The fraction of sp³-hybridized carbons (Fsp3) is 0.647. The highest BCUT2D eigenvalue weighted by Crippen LogP contribution is 2.33. The van der Waals surface area contributed by atoms with Crippen molar-refractivity contribution in [1.82, 2.24) is 10.2 Å². The van der Waals surface area contributed by atoms with Gasteiger partial charge in [-0.2, -0.15) is 0 Å². The lowest BCUT2D eigenvalue weighted by Gasteiger charge is -2.47. The van der Waals surface area contributed by atoms with Crippen molar-refractivity contribution in [3.05, 3.63) is 23.8 Å². The van der Waals surface area contributed by atoms with Gasteiger partial charge < -0.3 is 20.1 Å². The van der Waals surface area contributed by atoms with Gasteiger partial charge in [0.1, 0.15) is 0 Å². The van der Waals surface area contributed by atoms with Crippen molar-refractivity contribution in [3.8, 4) is 11.5 Å². The van der Waals surface area contributed by atoms with Crippen molar-refractivity contribution in [2.45, 2.75) is 56.8 Å². The molecular formula is C17H26N2O2. The Kier molecular flexibility index (Phi) is 4.36. The van der Waals surface area contributed by atoms with E-state index in [9.17, 15) is 5.11 Å². The summed E-state index contributed by atoms with van der Waals surface area (Å²) in [5.41, 5.74) is 0.915. The Morgan fingerprint density at radius 3 is 2.67 bits per heavy atom. The Morgan fingerprint density at radius 2 is 2.00 bits per heavy atom. The third-order valence-electron chi connectivity index (χ3n) is 5.22. The normalized spacial score (nSPS) is 29.3. The summed E-state index contributed by atoms with van der Waals surface area (Å²) < 4.78 is 5.17. The van der Waals surface area contributed by atoms with Crippen molar-refractivity contribution in [3.63, 3.8) is 0 Å². The van der Waals surface area contributed by atoms with Gasteiger partial charge in [-0.15, -0.1) is 0 Å². The maximum absolute atomic E-state index is 10.1. The van der Waals surface area contributed by atoms with E-state index in [1.165, 1.54) is 32.1 Å². The summed E-state index contributed by atoms with van der Waals surface area (Å²) >= 11 is 0. The minimum absolute atomic E-state index is 0.264. The summed E-state index contributed by atoms with van der Waals surface area (Å²) in [5, 5.41) is 13.8. The topological polar surface area (TPSA) is 44.7 Å². The van der Waals surface area contributed by atoms with Crippen molar-refractivity contribution < 1.29 is 9.84 Å². The molecule has 2 saturated heterocycles. The monoisotopic (exact) mass is 290 g/mol. The molecule has 2 aliphatic heterocycles. The van der Waals surface area contributed by atoms with Crippen LogP contribution >= 0.6 is 0 Å². The highest BCUT2D eigenvalue weighted by Gasteiger charge is 2.35. The molecule has 2 bridgehead atoms. The maximum Gasteiger partial charge on any atom is 0.162 e. The number of para-hydroxylation sites is 1. The summed E-state index contributed by atoms with van der Waals surface area (Å²) in [6.07, 6.45) is 6.48. The first-order valence-corrected chi connectivity index (χ1v) is 7.99. The number of nitrogens with zero attached hydrogens (tertiary/aromatic N) is 1. The van der Waals surface area contributed by atoms with Crippen LogP contribution in [0.4, 0.5) is 0 Å². The molecule has 2 N–H and O–H groups in total.